The van der Waals surface area contributed by atoms with E-state index in [0.29, 0.717) is 31.7 Å². The summed E-state index contributed by atoms with van der Waals surface area (Å²) in [5.74, 6) is 0.297. The average Bonchev–Trinajstić information content (AvgIpc) is 3.25. The molecule has 0 unspecified atom stereocenters. The van der Waals surface area contributed by atoms with Crippen molar-refractivity contribution in [3.05, 3.63) is 17.3 Å². The zero-order chi connectivity index (χ0) is 15.1. The minimum atomic E-state index is -3.43. The van der Waals surface area contributed by atoms with Crippen LogP contribution in [0.2, 0.25) is 0 Å². The van der Waals surface area contributed by atoms with Crippen LogP contribution >= 0.6 is 0 Å². The van der Waals surface area contributed by atoms with Gasteiger partial charge in [0, 0.05) is 25.6 Å². The number of methoxy groups -OCH3 is 1. The molecule has 1 aliphatic heterocycles. The highest BCUT2D eigenvalue weighted by molar-refractivity contribution is 7.89. The number of rotatable bonds is 4. The number of nitriles is 1. The first-order valence-electron chi connectivity index (χ1n) is 6.77. The fourth-order valence-corrected chi connectivity index (χ4v) is 4.44. The van der Waals surface area contributed by atoms with Crippen LogP contribution in [-0.4, -0.2) is 42.3 Å². The molecule has 1 aliphatic carbocycles. The number of ether oxygens (including phenoxy) is 1. The highest BCUT2D eigenvalue weighted by Crippen LogP contribution is 2.46. The number of nitrogens with zero attached hydrogens (tertiary/aromatic N) is 4. The largest absolute Gasteiger partial charge is 0.480 e. The van der Waals surface area contributed by atoms with Crippen molar-refractivity contribution >= 4 is 10.0 Å². The van der Waals surface area contributed by atoms with Crippen molar-refractivity contribution in [1.82, 2.24) is 14.5 Å². The van der Waals surface area contributed by atoms with E-state index in [0.717, 1.165) is 11.3 Å². The molecule has 0 amide bonds. The van der Waals surface area contributed by atoms with Gasteiger partial charge < -0.3 is 4.74 Å². The van der Waals surface area contributed by atoms with Crippen LogP contribution in [0.15, 0.2) is 6.07 Å². The molecule has 0 atom stereocenters. The molecule has 0 spiro atoms. The summed E-state index contributed by atoms with van der Waals surface area (Å²) in [5.41, 5.74) is 0.968. The number of hydrogen-bond donors (Lipinski definition) is 0. The summed E-state index contributed by atoms with van der Waals surface area (Å²) in [6.07, 6.45) is 1.88. The minimum Gasteiger partial charge on any atom is -0.480 e. The van der Waals surface area contributed by atoms with Gasteiger partial charge in [-0.3, -0.25) is 0 Å². The molecule has 0 aromatic carbocycles. The van der Waals surface area contributed by atoms with E-state index in [1.54, 1.807) is 6.07 Å². The summed E-state index contributed by atoms with van der Waals surface area (Å²) >= 11 is 0. The molecule has 2 aliphatic rings. The van der Waals surface area contributed by atoms with Crippen LogP contribution in [0, 0.1) is 16.7 Å². The molecule has 2 heterocycles. The lowest BCUT2D eigenvalue weighted by molar-refractivity contribution is 0.366. The predicted octanol–water partition coefficient (Wildman–Crippen LogP) is 0.477. The fourth-order valence-electron chi connectivity index (χ4n) is 2.50. The Morgan fingerprint density at radius 2 is 2.24 bits per heavy atom. The molecular formula is C13H16N4O3S. The van der Waals surface area contributed by atoms with Crippen LogP contribution in [0.3, 0.4) is 0 Å². The highest BCUT2D eigenvalue weighted by Gasteiger charge is 2.48. The number of aromatic nitrogens is 2. The van der Waals surface area contributed by atoms with Gasteiger partial charge in [0.1, 0.15) is 0 Å². The number of sulfonamides is 1. The van der Waals surface area contributed by atoms with Crippen LogP contribution in [0.5, 0.6) is 5.88 Å². The van der Waals surface area contributed by atoms with Crippen molar-refractivity contribution in [2.45, 2.75) is 25.8 Å². The molecule has 0 radical (unpaired) electrons. The van der Waals surface area contributed by atoms with Crippen molar-refractivity contribution in [2.24, 2.45) is 5.41 Å². The molecule has 7 nitrogen and oxygen atoms in total. The third-order valence-corrected chi connectivity index (χ3v) is 6.05. The van der Waals surface area contributed by atoms with Crippen molar-refractivity contribution in [3.63, 3.8) is 0 Å². The second-order valence-electron chi connectivity index (χ2n) is 5.59. The quantitative estimate of drug-likeness (QED) is 0.802. The minimum absolute atomic E-state index is 0.0819. The molecule has 3 rings (SSSR count). The van der Waals surface area contributed by atoms with Gasteiger partial charge in [0.05, 0.1) is 30.0 Å². The van der Waals surface area contributed by atoms with Crippen molar-refractivity contribution < 1.29 is 13.2 Å². The van der Waals surface area contributed by atoms with Gasteiger partial charge in [0.2, 0.25) is 15.9 Å². The Labute approximate surface area is 123 Å². The zero-order valence-corrected chi connectivity index (χ0v) is 12.6. The maximum absolute atomic E-state index is 12.5. The molecule has 1 aromatic heterocycles. The van der Waals surface area contributed by atoms with Gasteiger partial charge in [-0.2, -0.15) is 14.7 Å². The Morgan fingerprint density at radius 3 is 2.86 bits per heavy atom. The van der Waals surface area contributed by atoms with Gasteiger partial charge in [-0.1, -0.05) is 0 Å². The van der Waals surface area contributed by atoms with Gasteiger partial charge in [-0.15, -0.1) is 5.10 Å². The monoisotopic (exact) mass is 308 g/mol. The summed E-state index contributed by atoms with van der Waals surface area (Å²) in [5, 5.41) is 17.0. The first-order chi connectivity index (χ1) is 9.98. The van der Waals surface area contributed by atoms with Crippen LogP contribution in [0.25, 0.3) is 0 Å². The molecule has 0 N–H and O–H groups in total. The van der Waals surface area contributed by atoms with E-state index in [4.69, 9.17) is 10.00 Å². The summed E-state index contributed by atoms with van der Waals surface area (Å²) in [7, 11) is -1.93. The summed E-state index contributed by atoms with van der Waals surface area (Å²) < 4.78 is 31.4. The molecular weight excluding hydrogens is 292 g/mol. The van der Waals surface area contributed by atoms with Crippen LogP contribution < -0.4 is 4.74 Å². The summed E-state index contributed by atoms with van der Waals surface area (Å²) in [4.78, 5) is 0. The van der Waals surface area contributed by atoms with Gasteiger partial charge >= 0.3 is 0 Å². The standard InChI is InChI=1S/C13H16N4O3S/c1-20-12-6-10-7-17(5-2-11(10)15-16-12)21(18,19)9-13(8-14)3-4-13/h6H,2-5,7,9H2,1H3. The topological polar surface area (TPSA) is 96.2 Å². The normalized spacial score (nSPS) is 20.4. The fraction of sp³-hybridized carbons (Fsp3) is 0.615. The van der Waals surface area contributed by atoms with Crippen LogP contribution in [-0.2, 0) is 23.0 Å². The molecule has 1 aromatic rings. The third-order valence-electron chi connectivity index (χ3n) is 4.03. The SMILES string of the molecule is COc1cc2c(nn1)CCN(S(=O)(=O)CC1(C#N)CC1)C2. The average molecular weight is 308 g/mol. The lowest BCUT2D eigenvalue weighted by Gasteiger charge is -2.27. The number of fused-ring (bicyclic) bond motifs is 1. The van der Waals surface area contributed by atoms with Gasteiger partial charge in [-0.05, 0) is 18.4 Å². The van der Waals surface area contributed by atoms with E-state index in [1.165, 1.54) is 11.4 Å². The Balaban J connectivity index is 1.80. The number of hydrogen-bond acceptors (Lipinski definition) is 6. The first-order valence-corrected chi connectivity index (χ1v) is 8.37. The highest BCUT2D eigenvalue weighted by atomic mass is 32.2. The molecule has 1 fully saturated rings. The molecule has 0 saturated heterocycles. The molecule has 112 valence electrons. The van der Waals surface area contributed by atoms with Crippen molar-refractivity contribution in [3.8, 4) is 11.9 Å². The van der Waals surface area contributed by atoms with Gasteiger partial charge in [-0.25, -0.2) is 8.42 Å². The van der Waals surface area contributed by atoms with E-state index in [9.17, 15) is 8.42 Å². The Kier molecular flexibility index (Phi) is 3.34. The Bertz CT molecular complexity index is 707. The van der Waals surface area contributed by atoms with Crippen LogP contribution in [0.1, 0.15) is 24.1 Å². The smallest absolute Gasteiger partial charge is 0.233 e. The summed E-state index contributed by atoms with van der Waals surface area (Å²) in [6.45, 7) is 0.656. The second kappa shape index (κ2) is 4.93. The lowest BCUT2D eigenvalue weighted by Crippen LogP contribution is -2.39. The molecule has 0 bridgehead atoms. The second-order valence-corrected chi connectivity index (χ2v) is 7.56. The molecule has 21 heavy (non-hydrogen) atoms. The first kappa shape index (κ1) is 14.2. The zero-order valence-electron chi connectivity index (χ0n) is 11.7. The van der Waals surface area contributed by atoms with E-state index >= 15 is 0 Å². The third kappa shape index (κ3) is 2.71. The van der Waals surface area contributed by atoms with Crippen LogP contribution in [0.4, 0.5) is 0 Å². The van der Waals surface area contributed by atoms with Crippen molar-refractivity contribution in [2.75, 3.05) is 19.4 Å². The molecule has 8 heteroatoms. The Morgan fingerprint density at radius 1 is 1.48 bits per heavy atom. The van der Waals surface area contributed by atoms with E-state index in [1.807, 2.05) is 0 Å². The van der Waals surface area contributed by atoms with Gasteiger partial charge in [0.25, 0.3) is 0 Å². The van der Waals surface area contributed by atoms with E-state index < -0.39 is 15.4 Å². The maximum Gasteiger partial charge on any atom is 0.233 e. The Hall–Kier alpha value is -1.72. The van der Waals surface area contributed by atoms with E-state index in [-0.39, 0.29) is 12.3 Å². The van der Waals surface area contributed by atoms with Gasteiger partial charge in [0.15, 0.2) is 0 Å². The lowest BCUT2D eigenvalue weighted by atomic mass is 10.1. The van der Waals surface area contributed by atoms with Crippen molar-refractivity contribution in [1.29, 1.82) is 5.26 Å². The summed E-state index contributed by atoms with van der Waals surface area (Å²) in [6, 6.07) is 3.86. The predicted molar refractivity (Wildman–Crippen MR) is 73.8 cm³/mol. The molecule has 1 saturated carbocycles. The van der Waals surface area contributed by atoms with E-state index in [2.05, 4.69) is 16.3 Å². The maximum atomic E-state index is 12.5.